The molecule has 0 saturated carbocycles. The van der Waals surface area contributed by atoms with E-state index in [9.17, 15) is 4.79 Å². The predicted molar refractivity (Wildman–Crippen MR) is 124 cm³/mol. The summed E-state index contributed by atoms with van der Waals surface area (Å²) in [4.78, 5) is 15.5. The van der Waals surface area contributed by atoms with Crippen LogP contribution in [0.4, 0.5) is 0 Å². The Morgan fingerprint density at radius 2 is 2.00 bits per heavy atom. The van der Waals surface area contributed by atoms with Gasteiger partial charge in [-0.15, -0.1) is 0 Å². The van der Waals surface area contributed by atoms with Crippen molar-refractivity contribution < 1.29 is 9.53 Å². The third kappa shape index (κ3) is 3.71. The number of aromatic nitrogens is 2. The minimum absolute atomic E-state index is 0.0123. The highest BCUT2D eigenvalue weighted by molar-refractivity contribution is 9.11. The van der Waals surface area contributed by atoms with Crippen molar-refractivity contribution in [3.63, 3.8) is 0 Å². The molecule has 0 atom stereocenters. The number of fused-ring (bicyclic) bond motifs is 3. The monoisotopic (exact) mass is 525 g/mol. The Hall–Kier alpha value is -1.38. The molecule has 0 spiro atoms. The quantitative estimate of drug-likeness (QED) is 0.378. The van der Waals surface area contributed by atoms with Crippen molar-refractivity contribution in [2.24, 2.45) is 0 Å². The molecule has 5 nitrogen and oxygen atoms in total. The standard InChI is InChI=1S/C21H18BrCl2N3O2S/c22-18-9-13-20-14(11-29-21(13)30-18)19(17(28)10-26-6-2-1-3-7-26)25-27(20)16-5-4-12(23)8-15(16)24/h4-5,8-9H,1-3,6-7,10-11H2. The number of hydrogen-bond acceptors (Lipinski definition) is 5. The maximum absolute atomic E-state index is 13.3. The first-order valence-electron chi connectivity index (χ1n) is 9.76. The van der Waals surface area contributed by atoms with E-state index in [0.717, 1.165) is 51.6 Å². The molecule has 0 radical (unpaired) electrons. The number of carbonyl (C=O) groups excluding carboxylic acids is 1. The number of Topliss-reactive ketones (excluding diaryl/α,β-unsaturated/α-hetero) is 1. The van der Waals surface area contributed by atoms with Crippen LogP contribution >= 0.6 is 50.5 Å². The number of ketones is 1. The first-order chi connectivity index (χ1) is 14.5. The van der Waals surface area contributed by atoms with Crippen LogP contribution in [0.3, 0.4) is 0 Å². The molecule has 4 heterocycles. The summed E-state index contributed by atoms with van der Waals surface area (Å²) in [6, 6.07) is 7.29. The summed E-state index contributed by atoms with van der Waals surface area (Å²) in [6.07, 6.45) is 3.50. The highest BCUT2D eigenvalue weighted by atomic mass is 79.9. The van der Waals surface area contributed by atoms with E-state index in [2.05, 4.69) is 20.8 Å². The summed E-state index contributed by atoms with van der Waals surface area (Å²) >= 11 is 17.7. The minimum Gasteiger partial charge on any atom is -0.478 e. The number of rotatable bonds is 4. The summed E-state index contributed by atoms with van der Waals surface area (Å²) < 4.78 is 8.68. The smallest absolute Gasteiger partial charge is 0.197 e. The summed E-state index contributed by atoms with van der Waals surface area (Å²) in [6.45, 7) is 2.59. The summed E-state index contributed by atoms with van der Waals surface area (Å²) in [5, 5.41) is 6.58. The molecule has 2 aliphatic heterocycles. The number of piperidine rings is 1. The third-order valence-electron chi connectivity index (χ3n) is 5.47. The zero-order valence-corrected chi connectivity index (χ0v) is 19.9. The van der Waals surface area contributed by atoms with Gasteiger partial charge in [0.25, 0.3) is 0 Å². The molecule has 0 amide bonds. The van der Waals surface area contributed by atoms with E-state index in [4.69, 9.17) is 33.0 Å². The number of halogens is 3. The zero-order valence-electron chi connectivity index (χ0n) is 16.0. The Kier molecular flexibility index (Phi) is 5.66. The van der Waals surface area contributed by atoms with Gasteiger partial charge >= 0.3 is 0 Å². The van der Waals surface area contributed by atoms with Crippen molar-refractivity contribution in [3.05, 3.63) is 49.4 Å². The van der Waals surface area contributed by atoms with Crippen molar-refractivity contribution in [2.45, 2.75) is 25.9 Å². The van der Waals surface area contributed by atoms with Gasteiger partial charge in [-0.05, 0) is 66.1 Å². The Morgan fingerprint density at radius 3 is 2.77 bits per heavy atom. The average molecular weight is 527 g/mol. The molecule has 2 aliphatic rings. The molecule has 1 fully saturated rings. The summed E-state index contributed by atoms with van der Waals surface area (Å²) in [5.41, 5.74) is 3.70. The third-order valence-corrected chi connectivity index (χ3v) is 7.56. The summed E-state index contributed by atoms with van der Waals surface area (Å²) in [7, 11) is 0. The SMILES string of the molecule is O=C(CN1CCCCC1)c1nn(-c2ccc(Cl)cc2Cl)c2c1COc1sc(Br)cc1-2. The molecule has 1 saturated heterocycles. The Bertz CT molecular complexity index is 1140. The number of thiophene rings is 1. The molecule has 0 bridgehead atoms. The van der Waals surface area contributed by atoms with Gasteiger partial charge in [-0.3, -0.25) is 9.69 Å². The van der Waals surface area contributed by atoms with E-state index in [0.29, 0.717) is 34.6 Å². The Morgan fingerprint density at radius 1 is 1.20 bits per heavy atom. The second-order valence-corrected chi connectivity index (χ2v) is 10.7. The predicted octanol–water partition coefficient (Wildman–Crippen LogP) is 6.23. The van der Waals surface area contributed by atoms with E-state index in [1.54, 1.807) is 16.8 Å². The molecule has 2 aromatic heterocycles. The number of carbonyl (C=O) groups is 1. The van der Waals surface area contributed by atoms with Crippen LogP contribution in [0.25, 0.3) is 16.9 Å². The number of ether oxygens (including phenoxy) is 1. The Balaban J connectivity index is 1.63. The van der Waals surface area contributed by atoms with Gasteiger partial charge in [0.1, 0.15) is 12.3 Å². The van der Waals surface area contributed by atoms with Crippen LogP contribution in [0.5, 0.6) is 5.06 Å². The highest BCUT2D eigenvalue weighted by Crippen LogP contribution is 2.47. The van der Waals surface area contributed by atoms with Crippen molar-refractivity contribution in [1.29, 1.82) is 0 Å². The van der Waals surface area contributed by atoms with E-state index in [1.807, 2.05) is 12.1 Å². The van der Waals surface area contributed by atoms with Crippen LogP contribution in [-0.4, -0.2) is 40.1 Å². The number of benzene rings is 1. The highest BCUT2D eigenvalue weighted by Gasteiger charge is 2.32. The average Bonchev–Trinajstić information content (AvgIpc) is 3.28. The lowest BCUT2D eigenvalue weighted by molar-refractivity contribution is 0.0908. The molecule has 0 aliphatic carbocycles. The fourth-order valence-corrected chi connectivity index (χ4v) is 5.96. The van der Waals surface area contributed by atoms with Crippen LogP contribution in [0.2, 0.25) is 10.0 Å². The molecule has 0 unspecified atom stereocenters. The van der Waals surface area contributed by atoms with Crippen LogP contribution in [0.1, 0.15) is 35.3 Å². The molecule has 9 heteroatoms. The molecule has 0 N–H and O–H groups in total. The molecule has 156 valence electrons. The Labute approximate surface area is 196 Å². The van der Waals surface area contributed by atoms with E-state index < -0.39 is 0 Å². The van der Waals surface area contributed by atoms with Gasteiger partial charge in [0.05, 0.1) is 32.3 Å². The van der Waals surface area contributed by atoms with Crippen molar-refractivity contribution in [3.8, 4) is 22.0 Å². The largest absolute Gasteiger partial charge is 0.478 e. The lowest BCUT2D eigenvalue weighted by Crippen LogP contribution is -2.35. The molecule has 1 aromatic carbocycles. The topological polar surface area (TPSA) is 47.4 Å². The molecular weight excluding hydrogens is 509 g/mol. The van der Waals surface area contributed by atoms with Gasteiger partial charge in [0, 0.05) is 10.6 Å². The number of nitrogens with zero attached hydrogens (tertiary/aromatic N) is 3. The van der Waals surface area contributed by atoms with Gasteiger partial charge in [0.2, 0.25) is 0 Å². The second kappa shape index (κ2) is 8.28. The fraction of sp³-hybridized carbons (Fsp3) is 0.333. The van der Waals surface area contributed by atoms with Gasteiger partial charge < -0.3 is 4.74 Å². The van der Waals surface area contributed by atoms with Gasteiger partial charge in [-0.25, -0.2) is 4.68 Å². The van der Waals surface area contributed by atoms with Crippen LogP contribution in [-0.2, 0) is 6.61 Å². The number of hydrogen-bond donors (Lipinski definition) is 0. The lowest BCUT2D eigenvalue weighted by atomic mass is 10.0. The molecular formula is C21H18BrCl2N3O2S. The zero-order chi connectivity index (χ0) is 20.8. The second-order valence-electron chi connectivity index (χ2n) is 7.48. The van der Waals surface area contributed by atoms with E-state index >= 15 is 0 Å². The fourth-order valence-electron chi connectivity index (χ4n) is 4.07. The van der Waals surface area contributed by atoms with Crippen LogP contribution in [0, 0.1) is 0 Å². The van der Waals surface area contributed by atoms with Gasteiger partial charge in [-0.1, -0.05) is 41.0 Å². The lowest BCUT2D eigenvalue weighted by Gasteiger charge is -2.25. The molecule has 30 heavy (non-hydrogen) atoms. The minimum atomic E-state index is 0.0123. The van der Waals surface area contributed by atoms with Crippen molar-refractivity contribution >= 4 is 56.3 Å². The molecule has 5 rings (SSSR count). The number of likely N-dealkylation sites (tertiary alicyclic amines) is 1. The normalized spacial score (nSPS) is 16.1. The van der Waals surface area contributed by atoms with Crippen LogP contribution < -0.4 is 4.74 Å². The van der Waals surface area contributed by atoms with Crippen molar-refractivity contribution in [2.75, 3.05) is 19.6 Å². The van der Waals surface area contributed by atoms with Gasteiger partial charge in [-0.2, -0.15) is 5.10 Å². The van der Waals surface area contributed by atoms with Crippen molar-refractivity contribution in [1.82, 2.24) is 14.7 Å². The first kappa shape index (κ1) is 20.5. The maximum Gasteiger partial charge on any atom is 0.197 e. The maximum atomic E-state index is 13.3. The van der Waals surface area contributed by atoms with Crippen LogP contribution in [0.15, 0.2) is 28.1 Å². The van der Waals surface area contributed by atoms with Gasteiger partial charge in [0.15, 0.2) is 10.8 Å². The summed E-state index contributed by atoms with van der Waals surface area (Å²) in [5.74, 6) is 0.0123. The van der Waals surface area contributed by atoms with E-state index in [1.165, 1.54) is 17.8 Å². The first-order valence-corrected chi connectivity index (χ1v) is 12.1. The van der Waals surface area contributed by atoms with E-state index in [-0.39, 0.29) is 5.78 Å². The molecule has 3 aromatic rings.